The summed E-state index contributed by atoms with van der Waals surface area (Å²) in [6.07, 6.45) is 0. The van der Waals surface area contributed by atoms with Crippen LogP contribution >= 0.6 is 12.4 Å². The number of methoxy groups -OCH3 is 1. The van der Waals surface area contributed by atoms with E-state index in [0.717, 1.165) is 6.07 Å². The first kappa shape index (κ1) is 14.7. The molecular formula is C10H14ClFN2O2. The molecule has 90 valence electrons. The van der Waals surface area contributed by atoms with Crippen molar-refractivity contribution in [2.45, 2.75) is 0 Å². The molecule has 0 radical (unpaired) electrons. The van der Waals surface area contributed by atoms with Crippen LogP contribution < -0.4 is 15.8 Å². The van der Waals surface area contributed by atoms with Crippen LogP contribution in [0.2, 0.25) is 0 Å². The minimum absolute atomic E-state index is 0. The van der Waals surface area contributed by atoms with E-state index in [1.807, 2.05) is 0 Å². The molecule has 1 amide bonds. The van der Waals surface area contributed by atoms with Crippen LogP contribution in [0.5, 0.6) is 5.75 Å². The molecule has 3 N–H and O–H groups in total. The largest absolute Gasteiger partial charge is 0.494 e. The summed E-state index contributed by atoms with van der Waals surface area (Å²) in [6, 6.07) is 4.03. The highest BCUT2D eigenvalue weighted by Gasteiger charge is 2.08. The van der Waals surface area contributed by atoms with Crippen molar-refractivity contribution in [3.05, 3.63) is 29.6 Å². The lowest BCUT2D eigenvalue weighted by Gasteiger charge is -2.05. The highest BCUT2D eigenvalue weighted by atomic mass is 35.5. The van der Waals surface area contributed by atoms with E-state index in [-0.39, 0.29) is 29.6 Å². The second kappa shape index (κ2) is 7.03. The van der Waals surface area contributed by atoms with Crippen molar-refractivity contribution in [2.24, 2.45) is 5.73 Å². The number of rotatable bonds is 4. The maximum Gasteiger partial charge on any atom is 0.251 e. The molecule has 0 aliphatic heterocycles. The smallest absolute Gasteiger partial charge is 0.251 e. The van der Waals surface area contributed by atoms with Gasteiger partial charge in [0, 0.05) is 18.7 Å². The fraction of sp³-hybridized carbons (Fsp3) is 0.300. The lowest BCUT2D eigenvalue weighted by molar-refractivity contribution is 0.0954. The predicted octanol–water partition coefficient (Wildman–Crippen LogP) is 0.945. The molecular weight excluding hydrogens is 235 g/mol. The number of nitrogens with one attached hydrogen (secondary N) is 1. The molecule has 4 nitrogen and oxygen atoms in total. The zero-order chi connectivity index (χ0) is 11.3. The van der Waals surface area contributed by atoms with Crippen molar-refractivity contribution in [1.29, 1.82) is 0 Å². The number of hydrogen-bond acceptors (Lipinski definition) is 3. The summed E-state index contributed by atoms with van der Waals surface area (Å²) in [5.74, 6) is -0.787. The quantitative estimate of drug-likeness (QED) is 0.834. The summed E-state index contributed by atoms with van der Waals surface area (Å²) in [5.41, 5.74) is 5.47. The lowest BCUT2D eigenvalue weighted by atomic mass is 10.2. The van der Waals surface area contributed by atoms with E-state index in [1.54, 1.807) is 0 Å². The van der Waals surface area contributed by atoms with E-state index < -0.39 is 5.82 Å². The Hall–Kier alpha value is -1.33. The third-order valence-corrected chi connectivity index (χ3v) is 1.84. The van der Waals surface area contributed by atoms with Crippen LogP contribution in [0.25, 0.3) is 0 Å². The van der Waals surface area contributed by atoms with Gasteiger partial charge in [0.05, 0.1) is 7.11 Å². The maximum absolute atomic E-state index is 13.2. The van der Waals surface area contributed by atoms with Crippen molar-refractivity contribution in [3.63, 3.8) is 0 Å². The van der Waals surface area contributed by atoms with Crippen LogP contribution in [0.15, 0.2) is 18.2 Å². The van der Waals surface area contributed by atoms with Gasteiger partial charge in [0.2, 0.25) is 0 Å². The second-order valence-corrected chi connectivity index (χ2v) is 2.89. The van der Waals surface area contributed by atoms with Crippen LogP contribution in [0.4, 0.5) is 4.39 Å². The standard InChI is InChI=1S/C10H13FN2O2.ClH/c1-15-9-3-2-7(6-8(9)11)10(14)13-5-4-12;/h2-3,6H,4-5,12H2,1H3,(H,13,14);1H. The molecule has 16 heavy (non-hydrogen) atoms. The van der Waals surface area contributed by atoms with Crippen molar-refractivity contribution in [3.8, 4) is 5.75 Å². The van der Waals surface area contributed by atoms with Crippen LogP contribution in [-0.4, -0.2) is 26.1 Å². The third-order valence-electron chi connectivity index (χ3n) is 1.84. The van der Waals surface area contributed by atoms with Crippen LogP contribution in [0.3, 0.4) is 0 Å². The molecule has 0 aliphatic rings. The number of nitrogens with two attached hydrogens (primary N) is 1. The molecule has 0 unspecified atom stereocenters. The Morgan fingerprint density at radius 1 is 1.56 bits per heavy atom. The summed E-state index contributed by atoms with van der Waals surface area (Å²) in [7, 11) is 1.37. The van der Waals surface area contributed by atoms with Gasteiger partial charge in [-0.15, -0.1) is 12.4 Å². The van der Waals surface area contributed by atoms with Gasteiger partial charge in [-0.2, -0.15) is 0 Å². The average Bonchev–Trinajstić information content (AvgIpc) is 2.25. The topological polar surface area (TPSA) is 64.3 Å². The molecule has 1 rings (SSSR count). The molecule has 0 saturated carbocycles. The first-order valence-electron chi connectivity index (χ1n) is 4.51. The lowest BCUT2D eigenvalue weighted by Crippen LogP contribution is -2.29. The number of carbonyl (C=O) groups is 1. The highest BCUT2D eigenvalue weighted by molar-refractivity contribution is 5.94. The van der Waals surface area contributed by atoms with Crippen molar-refractivity contribution >= 4 is 18.3 Å². The fourth-order valence-corrected chi connectivity index (χ4v) is 1.10. The number of hydrogen-bond donors (Lipinski definition) is 2. The normalized spacial score (nSPS) is 9.19. The Morgan fingerprint density at radius 3 is 2.75 bits per heavy atom. The molecule has 0 saturated heterocycles. The van der Waals surface area contributed by atoms with Crippen molar-refractivity contribution in [1.82, 2.24) is 5.32 Å². The Labute approximate surface area is 99.4 Å². The monoisotopic (exact) mass is 248 g/mol. The molecule has 0 aliphatic carbocycles. The molecule has 0 spiro atoms. The number of ether oxygens (including phenoxy) is 1. The Balaban J connectivity index is 0.00000225. The van der Waals surface area contributed by atoms with Gasteiger partial charge in [-0.05, 0) is 18.2 Å². The average molecular weight is 249 g/mol. The van der Waals surface area contributed by atoms with Gasteiger partial charge in [-0.1, -0.05) is 0 Å². The van der Waals surface area contributed by atoms with Gasteiger partial charge in [0.25, 0.3) is 5.91 Å². The molecule has 6 heteroatoms. The predicted molar refractivity (Wildman–Crippen MR) is 61.6 cm³/mol. The zero-order valence-corrected chi connectivity index (χ0v) is 9.64. The van der Waals surface area contributed by atoms with Gasteiger partial charge in [-0.25, -0.2) is 4.39 Å². The molecule has 0 atom stereocenters. The first-order chi connectivity index (χ1) is 7.19. The van der Waals surface area contributed by atoms with Crippen LogP contribution in [0, 0.1) is 5.82 Å². The van der Waals surface area contributed by atoms with E-state index in [4.69, 9.17) is 10.5 Å². The van der Waals surface area contributed by atoms with Crippen LogP contribution in [0.1, 0.15) is 10.4 Å². The third kappa shape index (κ3) is 3.67. The number of halogens is 2. The number of benzene rings is 1. The summed E-state index contributed by atoms with van der Waals surface area (Å²) >= 11 is 0. The summed E-state index contributed by atoms with van der Waals surface area (Å²) < 4.78 is 17.9. The first-order valence-corrected chi connectivity index (χ1v) is 4.51. The highest BCUT2D eigenvalue weighted by Crippen LogP contribution is 2.17. The molecule has 1 aromatic carbocycles. The zero-order valence-electron chi connectivity index (χ0n) is 8.83. The van der Waals surface area contributed by atoms with E-state index in [2.05, 4.69) is 5.32 Å². The molecule has 0 fully saturated rings. The van der Waals surface area contributed by atoms with E-state index >= 15 is 0 Å². The molecule has 0 heterocycles. The van der Waals surface area contributed by atoms with Crippen molar-refractivity contribution < 1.29 is 13.9 Å². The van der Waals surface area contributed by atoms with E-state index in [9.17, 15) is 9.18 Å². The van der Waals surface area contributed by atoms with E-state index in [1.165, 1.54) is 19.2 Å². The van der Waals surface area contributed by atoms with Crippen LogP contribution in [-0.2, 0) is 0 Å². The van der Waals surface area contributed by atoms with Gasteiger partial charge >= 0.3 is 0 Å². The van der Waals surface area contributed by atoms with Gasteiger partial charge in [0.1, 0.15) is 0 Å². The minimum Gasteiger partial charge on any atom is -0.494 e. The summed E-state index contributed by atoms with van der Waals surface area (Å²) in [6.45, 7) is 0.719. The maximum atomic E-state index is 13.2. The number of amides is 1. The Kier molecular flexibility index (Phi) is 6.44. The van der Waals surface area contributed by atoms with E-state index in [0.29, 0.717) is 13.1 Å². The molecule has 1 aromatic rings. The SMILES string of the molecule is COc1ccc(C(=O)NCCN)cc1F.Cl. The van der Waals surface area contributed by atoms with Gasteiger partial charge in [0.15, 0.2) is 11.6 Å². The summed E-state index contributed by atoms with van der Waals surface area (Å²) in [5, 5.41) is 2.54. The second-order valence-electron chi connectivity index (χ2n) is 2.89. The molecule has 0 aromatic heterocycles. The van der Waals surface area contributed by atoms with Gasteiger partial charge in [-0.3, -0.25) is 4.79 Å². The molecule has 0 bridgehead atoms. The Bertz CT molecular complexity index is 361. The van der Waals surface area contributed by atoms with Crippen molar-refractivity contribution in [2.75, 3.05) is 20.2 Å². The fourth-order valence-electron chi connectivity index (χ4n) is 1.10. The summed E-state index contributed by atoms with van der Waals surface area (Å²) in [4.78, 5) is 11.4. The van der Waals surface area contributed by atoms with Gasteiger partial charge < -0.3 is 15.8 Å². The minimum atomic E-state index is -0.558. The Morgan fingerprint density at radius 2 is 2.25 bits per heavy atom. The number of carbonyl (C=O) groups excluding carboxylic acids is 1.